The number of aliphatic hydroxyl groups is 2. The highest BCUT2D eigenvalue weighted by Gasteiger charge is 2.51. The van der Waals surface area contributed by atoms with Gasteiger partial charge in [0, 0.05) is 54.6 Å². The van der Waals surface area contributed by atoms with Crippen LogP contribution in [0.5, 0.6) is 11.5 Å². The summed E-state index contributed by atoms with van der Waals surface area (Å²) < 4.78 is 19.1. The summed E-state index contributed by atoms with van der Waals surface area (Å²) in [5.41, 5.74) is 2.70. The van der Waals surface area contributed by atoms with E-state index in [1.165, 1.54) is 6.20 Å². The van der Waals surface area contributed by atoms with Crippen LogP contribution in [0.2, 0.25) is 5.02 Å². The highest BCUT2D eigenvalue weighted by atomic mass is 79.9. The van der Waals surface area contributed by atoms with Gasteiger partial charge in [0.25, 0.3) is 0 Å². The van der Waals surface area contributed by atoms with E-state index in [2.05, 4.69) is 32.3 Å². The highest BCUT2D eigenvalue weighted by Crippen LogP contribution is 2.47. The number of nitrogens with zero attached hydrogens (tertiary/aromatic N) is 2. The molecule has 0 bridgehead atoms. The molecule has 1 aromatic heterocycles. The van der Waals surface area contributed by atoms with Crippen molar-refractivity contribution in [2.75, 3.05) is 31.7 Å². The first-order valence-electron chi connectivity index (χ1n) is 14.5. The van der Waals surface area contributed by atoms with Gasteiger partial charge in [-0.15, -0.1) is 11.6 Å². The fourth-order valence-electron chi connectivity index (χ4n) is 4.91. The number of pyridine rings is 1. The molecule has 45 heavy (non-hydrogen) atoms. The maximum Gasteiger partial charge on any atom is 0.143 e. The van der Waals surface area contributed by atoms with Crippen LogP contribution in [-0.2, 0) is 17.9 Å². The van der Waals surface area contributed by atoms with Crippen LogP contribution in [0.4, 0.5) is 0 Å². The average molecular weight is 717 g/mol. The van der Waals surface area contributed by atoms with E-state index in [1.807, 2.05) is 55.5 Å². The molecule has 0 aliphatic heterocycles. The second kappa shape index (κ2) is 16.6. The van der Waals surface area contributed by atoms with Gasteiger partial charge in [0.2, 0.25) is 0 Å². The Kier molecular flexibility index (Phi) is 12.9. The van der Waals surface area contributed by atoms with E-state index in [-0.39, 0.29) is 26.4 Å². The molecule has 3 unspecified atom stereocenters. The van der Waals surface area contributed by atoms with Crippen LogP contribution < -0.4 is 14.8 Å². The van der Waals surface area contributed by atoms with Gasteiger partial charge in [-0.2, -0.15) is 5.26 Å². The lowest BCUT2D eigenvalue weighted by Gasteiger charge is -2.45. The summed E-state index contributed by atoms with van der Waals surface area (Å²) >= 11 is 17.6. The minimum absolute atomic E-state index is 0.0591. The molecule has 8 nitrogen and oxygen atoms in total. The normalized spacial score (nSPS) is 19.9. The number of benzene rings is 2. The number of alkyl halides is 2. The highest BCUT2D eigenvalue weighted by molar-refractivity contribution is 9.09. The molecule has 4 rings (SSSR count). The molecule has 3 aromatic rings. The number of aromatic nitrogens is 1. The number of hydrogen-bond acceptors (Lipinski definition) is 8. The van der Waals surface area contributed by atoms with E-state index in [0.29, 0.717) is 46.4 Å². The van der Waals surface area contributed by atoms with E-state index in [4.69, 9.17) is 37.4 Å². The number of hydrogen-bond donors (Lipinski definition) is 3. The van der Waals surface area contributed by atoms with Crippen molar-refractivity contribution in [1.82, 2.24) is 10.3 Å². The summed E-state index contributed by atoms with van der Waals surface area (Å²) in [7, 11) is 0. The molecule has 1 heterocycles. The molecular formula is C34H36BrCl2N3O5. The summed E-state index contributed by atoms with van der Waals surface area (Å²) in [5.74, 6) is 0.851. The Morgan fingerprint density at radius 1 is 1.13 bits per heavy atom. The lowest BCUT2D eigenvalue weighted by Crippen LogP contribution is -2.55. The van der Waals surface area contributed by atoms with Crippen LogP contribution in [0.3, 0.4) is 0 Å². The molecular weight excluding hydrogens is 681 g/mol. The van der Waals surface area contributed by atoms with Gasteiger partial charge in [-0.3, -0.25) is 4.98 Å². The molecule has 0 spiro atoms. The molecule has 3 atom stereocenters. The van der Waals surface area contributed by atoms with Gasteiger partial charge in [-0.25, -0.2) is 0 Å². The molecule has 11 heteroatoms. The van der Waals surface area contributed by atoms with E-state index in [0.717, 1.165) is 22.9 Å². The average Bonchev–Trinajstić information content (AvgIpc) is 3.05. The smallest absolute Gasteiger partial charge is 0.143 e. The summed E-state index contributed by atoms with van der Waals surface area (Å²) in [6.45, 7) is 2.70. The van der Waals surface area contributed by atoms with Crippen LogP contribution in [0.1, 0.15) is 35.6 Å². The topological polar surface area (TPSA) is 117 Å². The Bertz CT molecular complexity index is 1530. The van der Waals surface area contributed by atoms with Crippen molar-refractivity contribution in [3.8, 4) is 17.6 Å². The number of nitrogens with one attached hydrogen (secondary N) is 1. The summed E-state index contributed by atoms with van der Waals surface area (Å²) in [6.07, 6.45) is 8.87. The third-order valence-electron chi connectivity index (χ3n) is 7.43. The molecule has 0 radical (unpaired) electrons. The molecule has 0 saturated heterocycles. The molecule has 3 N–H and O–H groups in total. The fraction of sp³-hybridized carbons (Fsp3) is 0.353. The van der Waals surface area contributed by atoms with Crippen LogP contribution in [0.25, 0.3) is 5.57 Å². The van der Waals surface area contributed by atoms with E-state index in [9.17, 15) is 15.5 Å². The zero-order chi connectivity index (χ0) is 32.3. The molecule has 238 valence electrons. The monoisotopic (exact) mass is 715 g/mol. The van der Waals surface area contributed by atoms with Gasteiger partial charge < -0.3 is 29.7 Å². The van der Waals surface area contributed by atoms with Crippen LogP contribution in [0, 0.1) is 11.3 Å². The fourth-order valence-corrected chi connectivity index (χ4v) is 5.73. The van der Waals surface area contributed by atoms with Crippen molar-refractivity contribution in [2.24, 2.45) is 0 Å². The lowest BCUT2D eigenvalue weighted by molar-refractivity contribution is -0.0511. The first-order valence-corrected chi connectivity index (χ1v) is 16.4. The molecule has 2 aromatic carbocycles. The van der Waals surface area contributed by atoms with Crippen molar-refractivity contribution in [1.29, 1.82) is 5.26 Å². The quantitative estimate of drug-likeness (QED) is 0.119. The van der Waals surface area contributed by atoms with Crippen LogP contribution in [0.15, 0.2) is 79.2 Å². The Labute approximate surface area is 282 Å². The van der Waals surface area contributed by atoms with Crippen molar-refractivity contribution < 1.29 is 24.4 Å². The molecule has 0 fully saturated rings. The van der Waals surface area contributed by atoms with E-state index < -0.39 is 16.6 Å². The number of allylic oxidation sites excluding steroid dienone is 2. The standard InChI is InChI=1S/C34H36BrCl2N3O5/c1-33(37)29(26-7-3-2-4-8-26)9-5-10-34(33,45-12-6-11-35)23-44-32-15-31(43-22-25-13-24(16-38)17-39-18-25)27(14-30(32)36)19-40-20-28(42)21-41/h2-5,7-10,13-15,17-18,28,40-42H,6,11-12,19-23H2,1H3. The molecule has 0 saturated carbocycles. The van der Waals surface area contributed by atoms with Crippen molar-refractivity contribution >= 4 is 44.7 Å². The largest absolute Gasteiger partial charge is 0.488 e. The van der Waals surface area contributed by atoms with Gasteiger partial charge >= 0.3 is 0 Å². The maximum atomic E-state index is 9.78. The van der Waals surface area contributed by atoms with Gasteiger partial charge in [-0.1, -0.05) is 70.0 Å². The third kappa shape index (κ3) is 8.87. The van der Waals surface area contributed by atoms with Crippen LogP contribution in [-0.4, -0.2) is 63.5 Å². The maximum absolute atomic E-state index is 9.78. The SMILES string of the molecule is CC1(Cl)C(c2ccccc2)=CC=CC1(COc1cc(OCc2cncc(C#N)c2)c(CNCC(O)CO)cc1Cl)OCCCBr. The third-order valence-corrected chi connectivity index (χ3v) is 8.81. The Hall–Kier alpha value is -2.94. The number of ether oxygens (including phenoxy) is 3. The zero-order valence-electron chi connectivity index (χ0n) is 24.9. The van der Waals surface area contributed by atoms with E-state index >= 15 is 0 Å². The minimum Gasteiger partial charge on any atom is -0.488 e. The van der Waals surface area contributed by atoms with Gasteiger partial charge in [0.1, 0.15) is 41.3 Å². The summed E-state index contributed by atoms with van der Waals surface area (Å²) in [4.78, 5) is 3.12. The second-order valence-electron chi connectivity index (χ2n) is 10.7. The minimum atomic E-state index is -1.04. The number of halogens is 3. The Balaban J connectivity index is 1.62. The van der Waals surface area contributed by atoms with Gasteiger partial charge in [-0.05, 0) is 42.7 Å². The number of nitriles is 1. The molecule has 1 aliphatic carbocycles. The Morgan fingerprint density at radius 3 is 2.67 bits per heavy atom. The van der Waals surface area contributed by atoms with Crippen molar-refractivity contribution in [3.05, 3.63) is 106 Å². The first-order chi connectivity index (χ1) is 21.7. The summed E-state index contributed by atoms with van der Waals surface area (Å²) in [5, 5.41) is 32.4. The first kappa shape index (κ1) is 34.9. The van der Waals surface area contributed by atoms with Crippen molar-refractivity contribution in [3.63, 3.8) is 0 Å². The predicted molar refractivity (Wildman–Crippen MR) is 180 cm³/mol. The van der Waals surface area contributed by atoms with Crippen LogP contribution >= 0.6 is 39.1 Å². The van der Waals surface area contributed by atoms with Gasteiger partial charge in [0.05, 0.1) is 23.3 Å². The predicted octanol–water partition coefficient (Wildman–Crippen LogP) is 6.20. The Morgan fingerprint density at radius 2 is 1.93 bits per heavy atom. The number of aliphatic hydroxyl groups excluding tert-OH is 2. The second-order valence-corrected chi connectivity index (χ2v) is 12.7. The molecule has 0 amide bonds. The van der Waals surface area contributed by atoms with Crippen molar-refractivity contribution in [2.45, 2.75) is 43.1 Å². The molecule has 1 aliphatic rings. The summed E-state index contributed by atoms with van der Waals surface area (Å²) in [6, 6.07) is 17.2. The van der Waals surface area contributed by atoms with E-state index in [1.54, 1.807) is 24.4 Å². The van der Waals surface area contributed by atoms with Gasteiger partial charge in [0.15, 0.2) is 0 Å². The number of rotatable bonds is 16. The zero-order valence-corrected chi connectivity index (χ0v) is 28.0. The lowest BCUT2D eigenvalue weighted by atomic mass is 9.76.